The van der Waals surface area contributed by atoms with Crippen molar-refractivity contribution >= 4 is 11.9 Å². The highest BCUT2D eigenvalue weighted by Crippen LogP contribution is 2.25. The second kappa shape index (κ2) is 9.03. The lowest BCUT2D eigenvalue weighted by molar-refractivity contribution is -0.136. The Balaban J connectivity index is 1.83. The molecule has 1 amide bonds. The average molecular weight is 390 g/mol. The molecule has 0 unspecified atom stereocenters. The number of rotatable bonds is 8. The molecule has 5 N–H and O–H groups in total. The fourth-order valence-corrected chi connectivity index (χ4v) is 3.03. The monoisotopic (exact) mass is 390 g/mol. The fraction of sp³-hybridized carbons (Fsp3) is 0.130. The molecule has 6 nitrogen and oxygen atoms in total. The van der Waals surface area contributed by atoms with Crippen LogP contribution >= 0.6 is 0 Å². The van der Waals surface area contributed by atoms with Gasteiger partial charge in [-0.2, -0.15) is 0 Å². The highest BCUT2D eigenvalue weighted by atomic mass is 16.5. The van der Waals surface area contributed by atoms with Gasteiger partial charge in [-0.3, -0.25) is 9.59 Å². The van der Waals surface area contributed by atoms with Crippen molar-refractivity contribution in [1.82, 2.24) is 0 Å². The van der Waals surface area contributed by atoms with Gasteiger partial charge in [0.15, 0.2) is 0 Å². The van der Waals surface area contributed by atoms with Crippen molar-refractivity contribution in [2.75, 3.05) is 0 Å². The fourth-order valence-electron chi connectivity index (χ4n) is 3.03. The summed E-state index contributed by atoms with van der Waals surface area (Å²) < 4.78 is 5.86. The first-order valence-corrected chi connectivity index (χ1v) is 9.12. The molecule has 0 aliphatic heterocycles. The van der Waals surface area contributed by atoms with E-state index in [4.69, 9.17) is 21.3 Å². The van der Waals surface area contributed by atoms with Gasteiger partial charge in [0.2, 0.25) is 5.91 Å². The summed E-state index contributed by atoms with van der Waals surface area (Å²) in [5.41, 5.74) is 15.8. The van der Waals surface area contributed by atoms with Crippen molar-refractivity contribution in [3.05, 3.63) is 89.0 Å². The Morgan fingerprint density at radius 2 is 1.55 bits per heavy atom. The summed E-state index contributed by atoms with van der Waals surface area (Å²) in [4.78, 5) is 22.6. The van der Waals surface area contributed by atoms with Crippen LogP contribution in [-0.4, -0.2) is 17.0 Å². The van der Waals surface area contributed by atoms with Gasteiger partial charge in [0.1, 0.15) is 12.4 Å². The number of hydrogen-bond donors (Lipinski definition) is 3. The molecule has 29 heavy (non-hydrogen) atoms. The van der Waals surface area contributed by atoms with Crippen molar-refractivity contribution in [2.24, 2.45) is 11.5 Å². The number of ether oxygens (including phenoxy) is 1. The molecule has 148 valence electrons. The normalized spacial score (nSPS) is 10.5. The number of benzene rings is 3. The van der Waals surface area contributed by atoms with Crippen LogP contribution in [0.1, 0.15) is 27.0 Å². The average Bonchev–Trinajstić information content (AvgIpc) is 2.72. The highest BCUT2D eigenvalue weighted by Gasteiger charge is 2.12. The summed E-state index contributed by atoms with van der Waals surface area (Å²) in [7, 11) is 0. The molecule has 0 atom stereocenters. The van der Waals surface area contributed by atoms with E-state index in [1.54, 1.807) is 6.07 Å². The third-order valence-corrected chi connectivity index (χ3v) is 4.51. The van der Waals surface area contributed by atoms with Crippen LogP contribution < -0.4 is 16.2 Å². The first-order chi connectivity index (χ1) is 14.0. The van der Waals surface area contributed by atoms with Crippen LogP contribution in [0.5, 0.6) is 5.75 Å². The van der Waals surface area contributed by atoms with Gasteiger partial charge in [-0.15, -0.1) is 0 Å². The molecule has 0 radical (unpaired) electrons. The van der Waals surface area contributed by atoms with Gasteiger partial charge in [0.25, 0.3) is 0 Å². The van der Waals surface area contributed by atoms with Gasteiger partial charge >= 0.3 is 5.97 Å². The number of carboxylic acid groups (broad SMARTS) is 1. The molecule has 3 rings (SSSR count). The highest BCUT2D eigenvalue weighted by molar-refractivity contribution is 5.93. The van der Waals surface area contributed by atoms with Crippen LogP contribution in [0.3, 0.4) is 0 Å². The van der Waals surface area contributed by atoms with E-state index in [9.17, 15) is 9.59 Å². The van der Waals surface area contributed by atoms with Gasteiger partial charge in [-0.1, -0.05) is 42.5 Å². The van der Waals surface area contributed by atoms with E-state index in [0.717, 1.165) is 22.3 Å². The van der Waals surface area contributed by atoms with Gasteiger partial charge in [0.05, 0.1) is 6.42 Å². The van der Waals surface area contributed by atoms with Gasteiger partial charge in [-0.25, -0.2) is 0 Å². The summed E-state index contributed by atoms with van der Waals surface area (Å²) in [5, 5.41) is 9.10. The van der Waals surface area contributed by atoms with Crippen LogP contribution in [0.15, 0.2) is 66.7 Å². The molecule has 0 bridgehead atoms. The quantitative estimate of drug-likeness (QED) is 0.546. The number of primary amides is 1. The van der Waals surface area contributed by atoms with Crippen molar-refractivity contribution in [2.45, 2.75) is 19.6 Å². The second-order valence-corrected chi connectivity index (χ2v) is 6.65. The number of carboxylic acids is 1. The lowest BCUT2D eigenvalue weighted by Crippen LogP contribution is -2.12. The maximum atomic E-state index is 11.5. The van der Waals surface area contributed by atoms with Crippen LogP contribution in [0.25, 0.3) is 11.1 Å². The largest absolute Gasteiger partial charge is 0.489 e. The lowest BCUT2D eigenvalue weighted by Gasteiger charge is -2.13. The molecule has 0 spiro atoms. The predicted octanol–water partition coefficient (Wildman–Crippen LogP) is 3.12. The Labute approximate surface area is 168 Å². The molecule has 6 heteroatoms. The minimum atomic E-state index is -0.983. The van der Waals surface area contributed by atoms with E-state index in [0.29, 0.717) is 17.9 Å². The Morgan fingerprint density at radius 1 is 0.897 bits per heavy atom. The van der Waals surface area contributed by atoms with Gasteiger partial charge in [-0.05, 0) is 46.5 Å². The van der Waals surface area contributed by atoms with Crippen LogP contribution in [0.2, 0.25) is 0 Å². The van der Waals surface area contributed by atoms with E-state index < -0.39 is 11.9 Å². The van der Waals surface area contributed by atoms with Crippen molar-refractivity contribution in [3.63, 3.8) is 0 Å². The number of amides is 1. The first-order valence-electron chi connectivity index (χ1n) is 9.12. The molecule has 0 saturated heterocycles. The Kier molecular flexibility index (Phi) is 6.26. The summed E-state index contributed by atoms with van der Waals surface area (Å²) in [6.45, 7) is 0.693. The Morgan fingerprint density at radius 3 is 2.17 bits per heavy atom. The van der Waals surface area contributed by atoms with Gasteiger partial charge < -0.3 is 21.3 Å². The van der Waals surface area contributed by atoms with Crippen LogP contribution in [0, 0.1) is 0 Å². The molecule has 3 aromatic carbocycles. The molecule has 3 aromatic rings. The molecule has 0 heterocycles. The maximum Gasteiger partial charge on any atom is 0.307 e. The van der Waals surface area contributed by atoms with E-state index in [-0.39, 0.29) is 18.6 Å². The minimum Gasteiger partial charge on any atom is -0.489 e. The molecule has 0 aromatic heterocycles. The van der Waals surface area contributed by atoms with Crippen LogP contribution in [0.4, 0.5) is 0 Å². The molecule has 0 fully saturated rings. The first kappa shape index (κ1) is 20.1. The number of nitrogens with two attached hydrogens (primary N) is 2. The Bertz CT molecular complexity index is 1050. The molecular weight excluding hydrogens is 368 g/mol. The van der Waals surface area contributed by atoms with E-state index >= 15 is 0 Å². The van der Waals surface area contributed by atoms with E-state index in [2.05, 4.69) is 0 Å². The maximum absolute atomic E-state index is 11.5. The van der Waals surface area contributed by atoms with E-state index in [1.807, 2.05) is 48.5 Å². The van der Waals surface area contributed by atoms with Crippen LogP contribution in [-0.2, 0) is 24.4 Å². The van der Waals surface area contributed by atoms with Crippen molar-refractivity contribution < 1.29 is 19.4 Å². The van der Waals surface area contributed by atoms with Crippen molar-refractivity contribution in [3.8, 4) is 16.9 Å². The second-order valence-electron chi connectivity index (χ2n) is 6.65. The summed E-state index contributed by atoms with van der Waals surface area (Å²) >= 11 is 0. The standard InChI is InChI=1S/C23H22N2O4/c24-13-15-3-1-5-17(9-15)18-6-2-4-16(10-18)14-29-21-11-20(23(25)28)8-7-19(21)12-22(26)27/h1-11H,12-14,24H2,(H2,25,28)(H,26,27). The minimum absolute atomic E-state index is 0.208. The van der Waals surface area contributed by atoms with E-state index in [1.165, 1.54) is 12.1 Å². The third-order valence-electron chi connectivity index (χ3n) is 4.51. The molecular formula is C23H22N2O4. The summed E-state index contributed by atoms with van der Waals surface area (Å²) in [6.07, 6.45) is -0.208. The van der Waals surface area contributed by atoms with Crippen molar-refractivity contribution in [1.29, 1.82) is 0 Å². The molecule has 0 aliphatic carbocycles. The summed E-state index contributed by atoms with van der Waals surface area (Å²) in [6, 6.07) is 20.4. The molecule has 0 aliphatic rings. The lowest BCUT2D eigenvalue weighted by atomic mass is 10.0. The zero-order valence-corrected chi connectivity index (χ0v) is 15.8. The number of carbonyl (C=O) groups excluding carboxylic acids is 1. The topological polar surface area (TPSA) is 116 Å². The smallest absolute Gasteiger partial charge is 0.307 e. The SMILES string of the molecule is NCc1cccc(-c2cccc(COc3cc(C(N)=O)ccc3CC(=O)O)c2)c1. The van der Waals surface area contributed by atoms with Gasteiger partial charge in [0, 0.05) is 17.7 Å². The number of hydrogen-bond acceptors (Lipinski definition) is 4. The number of aliphatic carboxylic acids is 1. The predicted molar refractivity (Wildman–Crippen MR) is 110 cm³/mol. The summed E-state index contributed by atoms with van der Waals surface area (Å²) in [5.74, 6) is -1.25. The number of carbonyl (C=O) groups is 2. The molecule has 0 saturated carbocycles. The third kappa shape index (κ3) is 5.21. The Hall–Kier alpha value is -3.64. The zero-order chi connectivity index (χ0) is 20.8. The zero-order valence-electron chi connectivity index (χ0n) is 15.8.